The fourth-order valence-electron chi connectivity index (χ4n) is 2.24. The third-order valence-corrected chi connectivity index (χ3v) is 3.09. The molecule has 2 heterocycles. The van der Waals surface area contributed by atoms with Crippen LogP contribution in [0.1, 0.15) is 33.0 Å². The van der Waals surface area contributed by atoms with Crippen molar-refractivity contribution in [3.8, 4) is 11.6 Å². The number of hydrogen-bond donors (Lipinski definition) is 1. The highest BCUT2D eigenvalue weighted by atomic mass is 16.4. The maximum absolute atomic E-state index is 11.4. The summed E-state index contributed by atoms with van der Waals surface area (Å²) in [6, 6.07) is 3.59. The zero-order valence-electron chi connectivity index (χ0n) is 12.7. The van der Waals surface area contributed by atoms with E-state index < -0.39 is 11.9 Å². The predicted octanol–water partition coefficient (Wildman–Crippen LogP) is 2.38. The van der Waals surface area contributed by atoms with Gasteiger partial charge in [-0.3, -0.25) is 4.79 Å². The van der Waals surface area contributed by atoms with Crippen molar-refractivity contribution in [3.63, 3.8) is 0 Å². The van der Waals surface area contributed by atoms with Gasteiger partial charge in [-0.2, -0.15) is 0 Å². The van der Waals surface area contributed by atoms with Gasteiger partial charge in [0.05, 0.1) is 12.5 Å². The Kier molecular flexibility index (Phi) is 4.11. The Morgan fingerprint density at radius 3 is 2.67 bits per heavy atom. The summed E-state index contributed by atoms with van der Waals surface area (Å²) in [5.41, 5.74) is -0.0848. The van der Waals surface area contributed by atoms with Crippen LogP contribution in [0, 0.1) is 18.3 Å². The van der Waals surface area contributed by atoms with Crippen LogP contribution in [0.3, 0.4) is 0 Å². The summed E-state index contributed by atoms with van der Waals surface area (Å²) in [5.74, 6) is 0.343. The topological polar surface area (TPSA) is 94.0 Å². The lowest BCUT2D eigenvalue weighted by Crippen LogP contribution is -2.26. The van der Waals surface area contributed by atoms with E-state index in [9.17, 15) is 9.90 Å². The van der Waals surface area contributed by atoms with Gasteiger partial charge in [-0.05, 0) is 41.3 Å². The van der Waals surface area contributed by atoms with Gasteiger partial charge in [0.15, 0.2) is 5.76 Å². The van der Waals surface area contributed by atoms with Crippen LogP contribution in [0.2, 0.25) is 0 Å². The lowest BCUT2D eigenvalue weighted by atomic mass is 9.84. The third kappa shape index (κ3) is 3.90. The van der Waals surface area contributed by atoms with Crippen molar-refractivity contribution in [1.82, 2.24) is 20.2 Å². The molecule has 0 fully saturated rings. The zero-order chi connectivity index (χ0) is 15.6. The summed E-state index contributed by atoms with van der Waals surface area (Å²) in [6.07, 6.45) is 0.540. The number of carboxylic acids is 1. The van der Waals surface area contributed by atoms with E-state index in [1.54, 1.807) is 6.07 Å². The minimum absolute atomic E-state index is 0.0848. The molecule has 2 aromatic heterocycles. The second kappa shape index (κ2) is 5.67. The van der Waals surface area contributed by atoms with Crippen molar-refractivity contribution in [2.75, 3.05) is 0 Å². The van der Waals surface area contributed by atoms with Gasteiger partial charge in [-0.25, -0.2) is 4.68 Å². The van der Waals surface area contributed by atoms with Gasteiger partial charge in [-0.15, -0.1) is 5.10 Å². The highest BCUT2D eigenvalue weighted by Crippen LogP contribution is 2.27. The molecule has 0 radical (unpaired) electrons. The lowest BCUT2D eigenvalue weighted by Gasteiger charge is -2.23. The Balaban J connectivity index is 2.22. The van der Waals surface area contributed by atoms with Gasteiger partial charge in [0.25, 0.3) is 0 Å². The fraction of sp³-hybridized carbons (Fsp3) is 0.571. The number of aromatic nitrogens is 4. The number of nitrogens with zero attached hydrogens (tertiary/aromatic N) is 4. The molecule has 114 valence electrons. The van der Waals surface area contributed by atoms with E-state index in [4.69, 9.17) is 4.42 Å². The summed E-state index contributed by atoms with van der Waals surface area (Å²) in [5, 5.41) is 20.8. The highest BCUT2D eigenvalue weighted by molar-refractivity contribution is 5.70. The van der Waals surface area contributed by atoms with Crippen LogP contribution in [0.25, 0.3) is 11.6 Å². The number of aliphatic carboxylic acids is 1. The average Bonchev–Trinajstić information content (AvgIpc) is 2.95. The molecule has 21 heavy (non-hydrogen) atoms. The van der Waals surface area contributed by atoms with Gasteiger partial charge in [0.1, 0.15) is 5.76 Å². The van der Waals surface area contributed by atoms with Crippen molar-refractivity contribution in [3.05, 3.63) is 17.9 Å². The first-order valence-corrected chi connectivity index (χ1v) is 6.82. The van der Waals surface area contributed by atoms with Crippen LogP contribution in [-0.4, -0.2) is 31.3 Å². The number of carbonyl (C=O) groups is 1. The van der Waals surface area contributed by atoms with Crippen molar-refractivity contribution in [1.29, 1.82) is 0 Å². The summed E-state index contributed by atoms with van der Waals surface area (Å²) in [7, 11) is 0. The molecular weight excluding hydrogens is 272 g/mol. The van der Waals surface area contributed by atoms with E-state index >= 15 is 0 Å². The summed E-state index contributed by atoms with van der Waals surface area (Å²) >= 11 is 0. The van der Waals surface area contributed by atoms with Crippen molar-refractivity contribution < 1.29 is 14.3 Å². The molecule has 0 aliphatic rings. The fourth-order valence-corrected chi connectivity index (χ4v) is 2.24. The third-order valence-electron chi connectivity index (χ3n) is 3.09. The molecule has 0 aliphatic heterocycles. The Hall–Kier alpha value is -2.18. The lowest BCUT2D eigenvalue weighted by molar-refractivity contribution is -0.143. The Labute approximate surface area is 123 Å². The van der Waals surface area contributed by atoms with Crippen molar-refractivity contribution in [2.45, 2.75) is 40.7 Å². The smallest absolute Gasteiger partial charge is 0.308 e. The highest BCUT2D eigenvalue weighted by Gasteiger charge is 2.27. The van der Waals surface area contributed by atoms with E-state index in [0.29, 0.717) is 18.0 Å². The molecule has 0 saturated carbocycles. The molecule has 0 bridgehead atoms. The zero-order valence-corrected chi connectivity index (χ0v) is 12.7. The summed E-state index contributed by atoms with van der Waals surface area (Å²) in [6.45, 7) is 8.09. The SMILES string of the molecule is Cc1ccc(-c2nnnn2CC(CC(C)(C)C)C(=O)O)o1. The van der Waals surface area contributed by atoms with Gasteiger partial charge >= 0.3 is 5.97 Å². The largest absolute Gasteiger partial charge is 0.481 e. The van der Waals surface area contributed by atoms with Crippen LogP contribution in [0.5, 0.6) is 0 Å². The molecule has 1 atom stereocenters. The monoisotopic (exact) mass is 292 g/mol. The Morgan fingerprint density at radius 1 is 1.43 bits per heavy atom. The van der Waals surface area contributed by atoms with Crippen LogP contribution in [0.4, 0.5) is 0 Å². The Bertz CT molecular complexity index is 624. The van der Waals surface area contributed by atoms with Gasteiger partial charge in [0, 0.05) is 0 Å². The summed E-state index contributed by atoms with van der Waals surface area (Å²) < 4.78 is 6.99. The van der Waals surface area contributed by atoms with Crippen LogP contribution < -0.4 is 0 Å². The van der Waals surface area contributed by atoms with Crippen LogP contribution >= 0.6 is 0 Å². The van der Waals surface area contributed by atoms with E-state index in [0.717, 1.165) is 5.76 Å². The summed E-state index contributed by atoms with van der Waals surface area (Å²) in [4.78, 5) is 11.4. The number of furan rings is 1. The van der Waals surface area contributed by atoms with E-state index in [2.05, 4.69) is 15.5 Å². The molecule has 0 saturated heterocycles. The molecular formula is C14H20N4O3. The van der Waals surface area contributed by atoms with E-state index in [1.807, 2.05) is 33.8 Å². The van der Waals surface area contributed by atoms with Crippen molar-refractivity contribution >= 4 is 5.97 Å². The minimum Gasteiger partial charge on any atom is -0.481 e. The molecule has 0 spiro atoms. The first-order valence-electron chi connectivity index (χ1n) is 6.82. The standard InChI is InChI=1S/C14H20N4O3/c1-9-5-6-11(21-9)12-15-16-17-18(12)8-10(13(19)20)7-14(2,3)4/h5-6,10H,7-8H2,1-4H3,(H,19,20). The first-order chi connectivity index (χ1) is 9.76. The minimum atomic E-state index is -0.845. The molecule has 2 rings (SSSR count). The number of hydrogen-bond acceptors (Lipinski definition) is 5. The second-order valence-corrected chi connectivity index (χ2v) is 6.39. The first kappa shape index (κ1) is 15.2. The maximum atomic E-state index is 11.4. The Morgan fingerprint density at radius 2 is 2.14 bits per heavy atom. The van der Waals surface area contributed by atoms with Gasteiger partial charge in [0.2, 0.25) is 5.82 Å². The van der Waals surface area contributed by atoms with Gasteiger partial charge in [-0.1, -0.05) is 20.8 Å². The van der Waals surface area contributed by atoms with Gasteiger partial charge < -0.3 is 9.52 Å². The molecule has 7 heteroatoms. The molecule has 0 amide bonds. The molecule has 7 nitrogen and oxygen atoms in total. The number of tetrazole rings is 1. The number of carboxylic acid groups (broad SMARTS) is 1. The molecule has 2 aromatic rings. The predicted molar refractivity (Wildman–Crippen MR) is 75.5 cm³/mol. The number of aryl methyl sites for hydroxylation is 1. The normalized spacial score (nSPS) is 13.3. The van der Waals surface area contributed by atoms with Crippen LogP contribution in [0.15, 0.2) is 16.5 Å². The molecule has 0 aromatic carbocycles. The second-order valence-electron chi connectivity index (χ2n) is 6.39. The van der Waals surface area contributed by atoms with E-state index in [1.165, 1.54) is 4.68 Å². The van der Waals surface area contributed by atoms with Crippen LogP contribution in [-0.2, 0) is 11.3 Å². The number of rotatable bonds is 5. The van der Waals surface area contributed by atoms with E-state index in [-0.39, 0.29) is 12.0 Å². The molecule has 1 N–H and O–H groups in total. The average molecular weight is 292 g/mol. The molecule has 1 unspecified atom stereocenters. The molecule has 0 aliphatic carbocycles. The van der Waals surface area contributed by atoms with Crippen molar-refractivity contribution in [2.24, 2.45) is 11.3 Å². The quantitative estimate of drug-likeness (QED) is 0.909. The maximum Gasteiger partial charge on any atom is 0.308 e.